The minimum absolute atomic E-state index is 0.426. The van der Waals surface area contributed by atoms with Gasteiger partial charge in [0, 0.05) is 17.5 Å². The van der Waals surface area contributed by atoms with Crippen molar-refractivity contribution in [2.45, 2.75) is 50.5 Å². The molecule has 1 fully saturated rings. The van der Waals surface area contributed by atoms with Crippen LogP contribution in [0.4, 0.5) is 0 Å². The van der Waals surface area contributed by atoms with Crippen LogP contribution in [0.1, 0.15) is 50.0 Å². The second-order valence-electron chi connectivity index (χ2n) is 5.93. The number of rotatable bonds is 2. The predicted molar refractivity (Wildman–Crippen MR) is 73.8 cm³/mol. The van der Waals surface area contributed by atoms with Crippen LogP contribution in [0.3, 0.4) is 0 Å². The van der Waals surface area contributed by atoms with Crippen molar-refractivity contribution in [3.05, 3.63) is 29.8 Å². The van der Waals surface area contributed by atoms with Gasteiger partial charge >= 0.3 is 0 Å². The highest BCUT2D eigenvalue weighted by atomic mass is 16.5. The van der Waals surface area contributed by atoms with Crippen LogP contribution in [-0.2, 0) is 0 Å². The molecule has 2 nitrogen and oxygen atoms in total. The molecule has 2 aliphatic rings. The van der Waals surface area contributed by atoms with Crippen molar-refractivity contribution < 1.29 is 4.74 Å². The number of hydrogen-bond acceptors (Lipinski definition) is 2. The summed E-state index contributed by atoms with van der Waals surface area (Å²) in [6, 6.07) is 8.93. The Kier molecular flexibility index (Phi) is 3.55. The third-order valence-electron chi connectivity index (χ3n) is 4.49. The van der Waals surface area contributed by atoms with Gasteiger partial charge in [0.15, 0.2) is 0 Å². The van der Waals surface area contributed by atoms with Gasteiger partial charge in [0.05, 0.1) is 6.61 Å². The van der Waals surface area contributed by atoms with E-state index in [-0.39, 0.29) is 0 Å². The lowest BCUT2D eigenvalue weighted by atomic mass is 9.85. The van der Waals surface area contributed by atoms with Crippen molar-refractivity contribution in [2.75, 3.05) is 6.61 Å². The Balaban J connectivity index is 1.66. The number of benzene rings is 1. The van der Waals surface area contributed by atoms with E-state index in [9.17, 15) is 0 Å². The van der Waals surface area contributed by atoms with Crippen molar-refractivity contribution in [3.63, 3.8) is 0 Å². The molecule has 3 atom stereocenters. The van der Waals surface area contributed by atoms with Crippen molar-refractivity contribution in [1.29, 1.82) is 0 Å². The molecule has 18 heavy (non-hydrogen) atoms. The largest absolute Gasteiger partial charge is 0.493 e. The maximum absolute atomic E-state index is 6.16. The summed E-state index contributed by atoms with van der Waals surface area (Å²) in [5.74, 6) is 2.49. The van der Waals surface area contributed by atoms with Crippen LogP contribution >= 0.6 is 0 Å². The highest BCUT2D eigenvalue weighted by Crippen LogP contribution is 2.39. The van der Waals surface area contributed by atoms with E-state index in [1.807, 2.05) is 0 Å². The van der Waals surface area contributed by atoms with Crippen LogP contribution < -0.4 is 10.5 Å². The molecule has 0 radical (unpaired) electrons. The summed E-state index contributed by atoms with van der Waals surface area (Å²) in [5, 5.41) is 0. The molecule has 1 heterocycles. The Bertz CT molecular complexity index is 404. The Morgan fingerprint density at radius 1 is 1.17 bits per heavy atom. The third-order valence-corrected chi connectivity index (χ3v) is 4.49. The minimum Gasteiger partial charge on any atom is -0.493 e. The lowest BCUT2D eigenvalue weighted by molar-refractivity contribution is 0.293. The molecule has 2 N–H and O–H groups in total. The predicted octanol–water partition coefficient (Wildman–Crippen LogP) is 3.46. The van der Waals surface area contributed by atoms with E-state index in [0.29, 0.717) is 12.0 Å². The van der Waals surface area contributed by atoms with Gasteiger partial charge in [-0.1, -0.05) is 37.5 Å². The monoisotopic (exact) mass is 245 g/mol. The maximum atomic E-state index is 6.16. The average Bonchev–Trinajstić information content (AvgIpc) is 2.66. The third kappa shape index (κ3) is 2.54. The lowest BCUT2D eigenvalue weighted by Crippen LogP contribution is -2.22. The highest BCUT2D eigenvalue weighted by Gasteiger charge is 2.28. The second-order valence-corrected chi connectivity index (χ2v) is 5.93. The summed E-state index contributed by atoms with van der Waals surface area (Å²) in [4.78, 5) is 0. The van der Waals surface area contributed by atoms with Gasteiger partial charge in [-0.2, -0.15) is 0 Å². The first-order valence-electron chi connectivity index (χ1n) is 7.30. The Hall–Kier alpha value is -1.02. The Morgan fingerprint density at radius 3 is 2.94 bits per heavy atom. The van der Waals surface area contributed by atoms with Crippen molar-refractivity contribution in [1.82, 2.24) is 0 Å². The molecule has 0 bridgehead atoms. The molecule has 0 amide bonds. The molecule has 0 saturated heterocycles. The molecule has 0 spiro atoms. The summed E-state index contributed by atoms with van der Waals surface area (Å²) < 4.78 is 5.78. The zero-order valence-electron chi connectivity index (χ0n) is 11.0. The summed E-state index contributed by atoms with van der Waals surface area (Å²) in [7, 11) is 0. The van der Waals surface area contributed by atoms with E-state index in [1.165, 1.54) is 44.1 Å². The number of para-hydroxylation sites is 1. The molecular formula is C16H23NO. The molecule has 0 aromatic heterocycles. The quantitative estimate of drug-likeness (QED) is 0.810. The van der Waals surface area contributed by atoms with Crippen LogP contribution in [0.25, 0.3) is 0 Å². The van der Waals surface area contributed by atoms with Gasteiger partial charge in [0.2, 0.25) is 0 Å². The smallest absolute Gasteiger partial charge is 0.122 e. The zero-order valence-corrected chi connectivity index (χ0v) is 11.0. The second kappa shape index (κ2) is 5.31. The molecule has 3 unspecified atom stereocenters. The summed E-state index contributed by atoms with van der Waals surface area (Å²) >= 11 is 0. The average molecular weight is 245 g/mol. The number of fused-ring (bicyclic) bond motifs is 1. The van der Waals surface area contributed by atoms with E-state index >= 15 is 0 Å². The lowest BCUT2D eigenvalue weighted by Gasteiger charge is -2.20. The van der Waals surface area contributed by atoms with E-state index in [4.69, 9.17) is 10.5 Å². The van der Waals surface area contributed by atoms with Crippen LogP contribution in [0.2, 0.25) is 0 Å². The Labute approximate surface area is 110 Å². The van der Waals surface area contributed by atoms with Crippen LogP contribution in [-0.4, -0.2) is 12.6 Å². The standard InChI is InChI=1S/C16H23NO/c17-14-6-2-1-5-12(10-14)9-13-11-18-16-8-4-3-7-15(13)16/h3-4,7-8,12-14H,1-2,5-6,9-11,17H2. The molecule has 1 aliphatic heterocycles. The molecule has 1 aromatic carbocycles. The Morgan fingerprint density at radius 2 is 2.00 bits per heavy atom. The summed E-state index contributed by atoms with van der Waals surface area (Å²) in [5.41, 5.74) is 7.58. The van der Waals surface area contributed by atoms with Gasteiger partial charge in [-0.25, -0.2) is 0 Å². The van der Waals surface area contributed by atoms with E-state index in [2.05, 4.69) is 24.3 Å². The van der Waals surface area contributed by atoms with Gasteiger partial charge in [0.25, 0.3) is 0 Å². The highest BCUT2D eigenvalue weighted by molar-refractivity contribution is 5.39. The van der Waals surface area contributed by atoms with E-state index in [1.54, 1.807) is 0 Å². The molecule has 3 rings (SSSR count). The topological polar surface area (TPSA) is 35.2 Å². The fraction of sp³-hybridized carbons (Fsp3) is 0.625. The van der Waals surface area contributed by atoms with Gasteiger partial charge in [-0.05, 0) is 31.2 Å². The number of ether oxygens (including phenoxy) is 1. The van der Waals surface area contributed by atoms with E-state index in [0.717, 1.165) is 18.3 Å². The fourth-order valence-corrected chi connectivity index (χ4v) is 3.54. The first-order chi connectivity index (χ1) is 8.83. The number of hydrogen-bond donors (Lipinski definition) is 1. The zero-order chi connectivity index (χ0) is 12.4. The molecule has 2 heteroatoms. The van der Waals surface area contributed by atoms with Crippen molar-refractivity contribution in [3.8, 4) is 5.75 Å². The fourth-order valence-electron chi connectivity index (χ4n) is 3.54. The first-order valence-corrected chi connectivity index (χ1v) is 7.30. The van der Waals surface area contributed by atoms with E-state index < -0.39 is 0 Å². The molecule has 1 saturated carbocycles. The minimum atomic E-state index is 0.426. The van der Waals surface area contributed by atoms with Crippen LogP contribution in [0.5, 0.6) is 5.75 Å². The molecular weight excluding hydrogens is 222 g/mol. The normalized spacial score (nSPS) is 31.5. The molecule has 1 aromatic rings. The van der Waals surface area contributed by atoms with Gasteiger partial charge in [0.1, 0.15) is 5.75 Å². The van der Waals surface area contributed by atoms with Crippen LogP contribution in [0.15, 0.2) is 24.3 Å². The molecule has 1 aliphatic carbocycles. The van der Waals surface area contributed by atoms with Crippen LogP contribution in [0, 0.1) is 5.92 Å². The van der Waals surface area contributed by atoms with Crippen molar-refractivity contribution >= 4 is 0 Å². The number of nitrogens with two attached hydrogens (primary N) is 1. The maximum Gasteiger partial charge on any atom is 0.122 e. The van der Waals surface area contributed by atoms with Crippen molar-refractivity contribution in [2.24, 2.45) is 11.7 Å². The van der Waals surface area contributed by atoms with Gasteiger partial charge in [-0.3, -0.25) is 0 Å². The van der Waals surface area contributed by atoms with Gasteiger partial charge < -0.3 is 10.5 Å². The first kappa shape index (κ1) is 12.0. The summed E-state index contributed by atoms with van der Waals surface area (Å²) in [6.07, 6.45) is 7.70. The summed E-state index contributed by atoms with van der Waals surface area (Å²) in [6.45, 7) is 0.866. The SMILES string of the molecule is NC1CCCCC(CC2COc3ccccc32)C1. The van der Waals surface area contributed by atoms with Gasteiger partial charge in [-0.15, -0.1) is 0 Å². The molecule has 98 valence electrons.